The van der Waals surface area contributed by atoms with Gasteiger partial charge in [0.15, 0.2) is 5.75 Å². The van der Waals surface area contributed by atoms with Crippen LogP contribution in [0.1, 0.15) is 57.3 Å². The zero-order chi connectivity index (χ0) is 22.0. The van der Waals surface area contributed by atoms with E-state index in [1.54, 1.807) is 5.38 Å². The lowest BCUT2D eigenvalue weighted by Crippen LogP contribution is -2.39. The summed E-state index contributed by atoms with van der Waals surface area (Å²) < 4.78 is 5.79. The van der Waals surface area contributed by atoms with Gasteiger partial charge in [-0.05, 0) is 38.3 Å². The van der Waals surface area contributed by atoms with Gasteiger partial charge in [0.05, 0.1) is 23.9 Å². The molecule has 0 bridgehead atoms. The van der Waals surface area contributed by atoms with Gasteiger partial charge in [0.2, 0.25) is 0 Å². The van der Waals surface area contributed by atoms with Crippen molar-refractivity contribution in [3.63, 3.8) is 0 Å². The predicted octanol–water partition coefficient (Wildman–Crippen LogP) is 4.54. The molecule has 164 valence electrons. The first-order chi connectivity index (χ1) is 15.0. The van der Waals surface area contributed by atoms with Crippen molar-refractivity contribution in [2.45, 2.75) is 32.1 Å². The van der Waals surface area contributed by atoms with Crippen molar-refractivity contribution in [1.29, 1.82) is 0 Å². The molecule has 2 amide bonds. The molecule has 1 fully saturated rings. The van der Waals surface area contributed by atoms with Crippen molar-refractivity contribution in [1.82, 2.24) is 14.8 Å². The molecule has 8 heteroatoms. The highest BCUT2D eigenvalue weighted by molar-refractivity contribution is 7.15. The number of amides is 2. The molecule has 0 radical (unpaired) electrons. The molecule has 1 saturated heterocycles. The third-order valence-electron chi connectivity index (χ3n) is 5.95. The fourth-order valence-electron chi connectivity index (χ4n) is 4.25. The van der Waals surface area contributed by atoms with Gasteiger partial charge < -0.3 is 14.5 Å². The average molecular weight is 460 g/mol. The van der Waals surface area contributed by atoms with Gasteiger partial charge in [-0.2, -0.15) is 0 Å². The van der Waals surface area contributed by atoms with Crippen LogP contribution in [-0.2, 0) is 0 Å². The topological polar surface area (TPSA) is 62.7 Å². The van der Waals surface area contributed by atoms with Crippen LogP contribution < -0.4 is 4.74 Å². The van der Waals surface area contributed by atoms with Gasteiger partial charge in [0.1, 0.15) is 4.34 Å². The van der Waals surface area contributed by atoms with Crippen molar-refractivity contribution in [3.05, 3.63) is 56.5 Å². The van der Waals surface area contributed by atoms with E-state index < -0.39 is 0 Å². The van der Waals surface area contributed by atoms with Crippen LogP contribution in [0.2, 0.25) is 4.34 Å². The summed E-state index contributed by atoms with van der Waals surface area (Å²) in [5.41, 5.74) is 2.97. The lowest BCUT2D eigenvalue weighted by Gasteiger charge is -2.33. The van der Waals surface area contributed by atoms with Gasteiger partial charge >= 0.3 is 0 Å². The van der Waals surface area contributed by atoms with Crippen LogP contribution in [-0.4, -0.2) is 59.9 Å². The molecule has 0 N–H and O–H groups in total. The number of aromatic nitrogens is 1. The fraction of sp³-hybridized carbons (Fsp3) is 0.435. The lowest BCUT2D eigenvalue weighted by atomic mass is 9.89. The molecule has 2 aliphatic rings. The smallest absolute Gasteiger partial charge is 0.258 e. The molecule has 0 aromatic carbocycles. The molecule has 4 heterocycles. The molecule has 0 atom stereocenters. The summed E-state index contributed by atoms with van der Waals surface area (Å²) >= 11 is 7.43. The van der Waals surface area contributed by atoms with Crippen molar-refractivity contribution < 1.29 is 14.3 Å². The maximum atomic E-state index is 13.2. The minimum absolute atomic E-state index is 0.0445. The minimum Gasteiger partial charge on any atom is -0.493 e. The Balaban J connectivity index is 1.49. The van der Waals surface area contributed by atoms with E-state index >= 15 is 0 Å². The molecule has 0 saturated carbocycles. The Bertz CT molecular complexity index is 1010. The summed E-state index contributed by atoms with van der Waals surface area (Å²) in [5.74, 6) is 0.578. The van der Waals surface area contributed by atoms with Crippen molar-refractivity contribution in [2.24, 2.45) is 0 Å². The number of hydrogen-bond acceptors (Lipinski definition) is 5. The van der Waals surface area contributed by atoms with Gasteiger partial charge in [0.25, 0.3) is 11.8 Å². The number of piperidine rings is 1. The third-order valence-corrected chi connectivity index (χ3v) is 7.13. The third kappa shape index (κ3) is 4.48. The van der Waals surface area contributed by atoms with Gasteiger partial charge in [-0.15, -0.1) is 11.3 Å². The zero-order valence-corrected chi connectivity index (χ0v) is 19.3. The number of carbonyl (C=O) groups is 2. The van der Waals surface area contributed by atoms with Crippen LogP contribution in [0.15, 0.2) is 29.7 Å². The monoisotopic (exact) mass is 459 g/mol. The second kappa shape index (κ2) is 9.40. The summed E-state index contributed by atoms with van der Waals surface area (Å²) in [6.45, 7) is 4.54. The number of hydrogen-bond donors (Lipinski definition) is 0. The van der Waals surface area contributed by atoms with E-state index in [9.17, 15) is 9.59 Å². The number of halogens is 1. The van der Waals surface area contributed by atoms with E-state index in [1.807, 2.05) is 34.9 Å². The molecular weight excluding hydrogens is 434 g/mol. The molecule has 2 aromatic rings. The maximum absolute atomic E-state index is 13.2. The molecule has 0 aliphatic carbocycles. The molecule has 31 heavy (non-hydrogen) atoms. The first-order valence-electron chi connectivity index (χ1n) is 10.5. The number of aryl methyl sites for hydroxylation is 1. The normalized spacial score (nSPS) is 17.1. The second-order valence-corrected chi connectivity index (χ2v) is 9.40. The van der Waals surface area contributed by atoms with E-state index in [0.29, 0.717) is 40.8 Å². The van der Waals surface area contributed by atoms with Crippen LogP contribution in [0.5, 0.6) is 5.75 Å². The number of rotatable bonds is 4. The van der Waals surface area contributed by atoms with Gasteiger partial charge in [-0.3, -0.25) is 14.6 Å². The van der Waals surface area contributed by atoms with Gasteiger partial charge in [-0.1, -0.05) is 23.8 Å². The van der Waals surface area contributed by atoms with Gasteiger partial charge in [-0.25, -0.2) is 0 Å². The van der Waals surface area contributed by atoms with Gasteiger partial charge in [0, 0.05) is 43.2 Å². The molecule has 4 rings (SSSR count). The highest BCUT2D eigenvalue weighted by atomic mass is 35.5. The van der Waals surface area contributed by atoms with Crippen LogP contribution >= 0.6 is 22.9 Å². The van der Waals surface area contributed by atoms with E-state index in [1.165, 1.54) is 18.4 Å². The van der Waals surface area contributed by atoms with Crippen molar-refractivity contribution >= 4 is 34.8 Å². The minimum atomic E-state index is -0.0629. The molecule has 2 aliphatic heterocycles. The van der Waals surface area contributed by atoms with Crippen molar-refractivity contribution in [2.75, 3.05) is 33.3 Å². The average Bonchev–Trinajstić information content (AvgIpc) is 3.19. The van der Waals surface area contributed by atoms with Crippen LogP contribution in [0.4, 0.5) is 0 Å². The van der Waals surface area contributed by atoms with E-state index in [0.717, 1.165) is 37.2 Å². The van der Waals surface area contributed by atoms with Crippen molar-refractivity contribution in [3.8, 4) is 5.75 Å². The quantitative estimate of drug-likeness (QED) is 0.630. The van der Waals surface area contributed by atoms with E-state index in [-0.39, 0.29) is 17.7 Å². The number of nitrogens with zero attached hydrogens (tertiary/aromatic N) is 3. The van der Waals surface area contributed by atoms with Crippen LogP contribution in [0, 0.1) is 6.92 Å². The number of thiophene rings is 1. The number of methoxy groups -OCH3 is 1. The van der Waals surface area contributed by atoms with E-state index in [2.05, 4.69) is 6.08 Å². The van der Waals surface area contributed by atoms with E-state index in [4.69, 9.17) is 21.3 Å². The first-order valence-corrected chi connectivity index (χ1v) is 11.8. The highest BCUT2D eigenvalue weighted by Crippen LogP contribution is 2.37. The Morgan fingerprint density at radius 3 is 2.52 bits per heavy atom. The Morgan fingerprint density at radius 2 is 1.84 bits per heavy atom. The Hall–Kier alpha value is -2.38. The number of ether oxygens (including phenoxy) is 1. The number of pyridine rings is 1. The highest BCUT2D eigenvalue weighted by Gasteiger charge is 2.31. The second-order valence-electron chi connectivity index (χ2n) is 7.92. The summed E-state index contributed by atoms with van der Waals surface area (Å²) in [6, 6.07) is 3.82. The first kappa shape index (κ1) is 21.8. The summed E-state index contributed by atoms with van der Waals surface area (Å²) in [7, 11) is 1.52. The van der Waals surface area contributed by atoms with Crippen LogP contribution in [0.3, 0.4) is 0 Å². The zero-order valence-electron chi connectivity index (χ0n) is 17.8. The Kier molecular flexibility index (Phi) is 6.62. The summed E-state index contributed by atoms with van der Waals surface area (Å²) in [5, 5.41) is 1.75. The standard InChI is InChI=1S/C23H26ClN3O3S/c1-15-6-7-17(22(28)26-10-4-3-5-11-26)19(25-15)16-8-12-27(13-9-16)23(29)18-14-31-21(24)20(18)30-2/h3-4,6-7,14,16H,5,8-13H2,1-2H3. The molecule has 6 nitrogen and oxygen atoms in total. The Morgan fingerprint density at radius 1 is 1.10 bits per heavy atom. The number of likely N-dealkylation sites (tertiary alicyclic amines) is 1. The molecule has 0 spiro atoms. The largest absolute Gasteiger partial charge is 0.493 e. The number of carbonyl (C=O) groups excluding carboxylic acids is 2. The Labute approximate surface area is 191 Å². The maximum Gasteiger partial charge on any atom is 0.258 e. The summed E-state index contributed by atoms with van der Waals surface area (Å²) in [4.78, 5) is 34.6. The summed E-state index contributed by atoms with van der Waals surface area (Å²) in [6.07, 6.45) is 6.57. The lowest BCUT2D eigenvalue weighted by molar-refractivity contribution is 0.0703. The fourth-order valence-corrected chi connectivity index (χ4v) is 5.29. The van der Waals surface area contributed by atoms with Crippen LogP contribution in [0.25, 0.3) is 0 Å². The molecule has 0 unspecified atom stereocenters. The predicted molar refractivity (Wildman–Crippen MR) is 122 cm³/mol. The molecule has 2 aromatic heterocycles. The molecular formula is C23H26ClN3O3S. The SMILES string of the molecule is COc1c(C(=O)N2CCC(c3nc(C)ccc3C(=O)N3CC=CCC3)CC2)csc1Cl.